The fraction of sp³-hybridized carbons (Fsp3) is 0.556. The molecule has 1 aliphatic heterocycles. The van der Waals surface area contributed by atoms with Gasteiger partial charge in [-0.3, -0.25) is 4.79 Å². The Morgan fingerprint density at radius 1 is 1.21 bits per heavy atom. The number of rotatable bonds is 0. The zero-order valence-electron chi connectivity index (χ0n) is 14.1. The van der Waals surface area contributed by atoms with Crippen molar-refractivity contribution < 1.29 is 23.1 Å². The number of hydrogen-bond acceptors (Lipinski definition) is 3. The largest absolute Gasteiger partial charge is 0.444 e. The third-order valence-electron chi connectivity index (χ3n) is 4.79. The van der Waals surface area contributed by atoms with Gasteiger partial charge >= 0.3 is 6.09 Å². The summed E-state index contributed by atoms with van der Waals surface area (Å²) in [7, 11) is 0. The normalized spacial score (nSPS) is 19.5. The van der Waals surface area contributed by atoms with E-state index >= 15 is 0 Å². The predicted molar refractivity (Wildman–Crippen MR) is 83.9 cm³/mol. The van der Waals surface area contributed by atoms with E-state index in [1.807, 2.05) is 0 Å². The number of halogens is 2. The maximum Gasteiger partial charge on any atom is 0.410 e. The first kappa shape index (κ1) is 16.9. The molecule has 2 aliphatic rings. The summed E-state index contributed by atoms with van der Waals surface area (Å²) in [5, 5.41) is 0. The van der Waals surface area contributed by atoms with Crippen molar-refractivity contribution in [3.8, 4) is 0 Å². The van der Waals surface area contributed by atoms with Crippen LogP contribution < -0.4 is 0 Å². The third kappa shape index (κ3) is 2.78. The lowest BCUT2D eigenvalue weighted by Gasteiger charge is -2.38. The van der Waals surface area contributed by atoms with Crippen LogP contribution in [-0.2, 0) is 11.2 Å². The lowest BCUT2D eigenvalue weighted by atomic mass is 9.75. The van der Waals surface area contributed by atoms with Gasteiger partial charge in [0.15, 0.2) is 17.4 Å². The highest BCUT2D eigenvalue weighted by atomic mass is 19.2. The number of piperidine rings is 1. The fourth-order valence-electron chi connectivity index (χ4n) is 3.54. The SMILES string of the molecule is CC(C)(C)OC(=O)N1CCC2(CC1)Cc1ccc(F)c(F)c1C2=O. The molecule has 1 saturated heterocycles. The molecule has 24 heavy (non-hydrogen) atoms. The number of Topliss-reactive ketones (excluding diaryl/α,β-unsaturated/α-hetero) is 1. The molecule has 1 aromatic carbocycles. The molecular weight excluding hydrogens is 316 g/mol. The highest BCUT2D eigenvalue weighted by molar-refractivity contribution is 6.05. The predicted octanol–water partition coefficient (Wildman–Crippen LogP) is 3.72. The topological polar surface area (TPSA) is 46.6 Å². The van der Waals surface area contributed by atoms with Gasteiger partial charge in [0.05, 0.1) is 5.56 Å². The molecule has 0 saturated carbocycles. The lowest BCUT2D eigenvalue weighted by molar-refractivity contribution is 0.0113. The average Bonchev–Trinajstić information content (AvgIpc) is 2.75. The monoisotopic (exact) mass is 337 g/mol. The van der Waals surface area contributed by atoms with Crippen molar-refractivity contribution in [3.63, 3.8) is 0 Å². The van der Waals surface area contributed by atoms with E-state index in [-0.39, 0.29) is 11.3 Å². The van der Waals surface area contributed by atoms with Gasteiger partial charge < -0.3 is 9.64 Å². The Labute approximate surface area is 139 Å². The fourth-order valence-corrected chi connectivity index (χ4v) is 3.54. The van der Waals surface area contributed by atoms with Crippen LogP contribution in [0.3, 0.4) is 0 Å². The first-order chi connectivity index (χ1) is 11.1. The zero-order chi connectivity index (χ0) is 17.7. The molecule has 1 aromatic rings. The number of carbonyl (C=O) groups excluding carboxylic acids is 2. The Kier molecular flexibility index (Phi) is 3.89. The lowest BCUT2D eigenvalue weighted by Crippen LogP contribution is -2.47. The van der Waals surface area contributed by atoms with E-state index in [1.165, 1.54) is 6.07 Å². The summed E-state index contributed by atoms with van der Waals surface area (Å²) in [5.41, 5.74) is -0.854. The number of benzene rings is 1. The molecule has 0 bridgehead atoms. The summed E-state index contributed by atoms with van der Waals surface area (Å²) in [5.74, 6) is -2.38. The Morgan fingerprint density at radius 3 is 2.42 bits per heavy atom. The van der Waals surface area contributed by atoms with Gasteiger partial charge in [0.25, 0.3) is 0 Å². The number of likely N-dealkylation sites (tertiary alicyclic amines) is 1. The minimum atomic E-state index is -1.05. The second-order valence-electron chi connectivity index (χ2n) is 7.65. The smallest absolute Gasteiger partial charge is 0.410 e. The van der Waals surface area contributed by atoms with Gasteiger partial charge in [-0.05, 0) is 51.7 Å². The molecule has 0 N–H and O–H groups in total. The van der Waals surface area contributed by atoms with Crippen molar-refractivity contribution in [1.82, 2.24) is 4.90 Å². The molecule has 1 amide bonds. The van der Waals surface area contributed by atoms with Crippen LogP contribution in [0, 0.1) is 17.0 Å². The number of carbonyl (C=O) groups is 2. The summed E-state index contributed by atoms with van der Waals surface area (Å²) in [4.78, 5) is 26.4. The summed E-state index contributed by atoms with van der Waals surface area (Å²) < 4.78 is 32.8. The van der Waals surface area contributed by atoms with Crippen molar-refractivity contribution >= 4 is 11.9 Å². The van der Waals surface area contributed by atoms with Crippen molar-refractivity contribution in [3.05, 3.63) is 34.9 Å². The Bertz CT molecular complexity index is 701. The first-order valence-corrected chi connectivity index (χ1v) is 8.13. The quantitative estimate of drug-likeness (QED) is 0.725. The standard InChI is InChI=1S/C18H21F2NO3/c1-17(2,3)24-16(23)21-8-6-18(7-9-21)10-11-4-5-12(19)14(20)13(11)15(18)22/h4-5H,6-10H2,1-3H3. The van der Waals surface area contributed by atoms with Gasteiger partial charge in [0, 0.05) is 18.5 Å². The first-order valence-electron chi connectivity index (χ1n) is 8.13. The molecule has 1 spiro atoms. The van der Waals surface area contributed by atoms with Crippen LogP contribution in [0.4, 0.5) is 13.6 Å². The second kappa shape index (κ2) is 5.53. The van der Waals surface area contributed by atoms with E-state index in [2.05, 4.69) is 0 Å². The van der Waals surface area contributed by atoms with E-state index in [9.17, 15) is 18.4 Å². The molecule has 1 fully saturated rings. The molecule has 0 radical (unpaired) electrons. The van der Waals surface area contributed by atoms with Crippen LogP contribution in [-0.4, -0.2) is 35.5 Å². The summed E-state index contributed by atoms with van der Waals surface area (Å²) in [6.07, 6.45) is 0.861. The van der Waals surface area contributed by atoms with Gasteiger partial charge in [-0.2, -0.15) is 0 Å². The van der Waals surface area contributed by atoms with Crippen molar-refractivity contribution in [1.29, 1.82) is 0 Å². The molecule has 0 atom stereocenters. The van der Waals surface area contributed by atoms with Crippen LogP contribution in [0.2, 0.25) is 0 Å². The number of ketones is 1. The molecule has 4 nitrogen and oxygen atoms in total. The van der Waals surface area contributed by atoms with E-state index in [0.29, 0.717) is 37.9 Å². The highest BCUT2D eigenvalue weighted by Crippen LogP contribution is 2.45. The van der Waals surface area contributed by atoms with Crippen LogP contribution in [0.5, 0.6) is 0 Å². The molecule has 6 heteroatoms. The number of nitrogens with zero attached hydrogens (tertiary/aromatic N) is 1. The Morgan fingerprint density at radius 2 is 1.83 bits per heavy atom. The molecule has 1 aliphatic carbocycles. The number of ether oxygens (including phenoxy) is 1. The summed E-state index contributed by atoms with van der Waals surface area (Å²) >= 11 is 0. The highest BCUT2D eigenvalue weighted by Gasteiger charge is 2.49. The van der Waals surface area contributed by atoms with E-state index in [0.717, 1.165) is 6.07 Å². The van der Waals surface area contributed by atoms with Gasteiger partial charge in [-0.25, -0.2) is 13.6 Å². The van der Waals surface area contributed by atoms with Crippen molar-refractivity contribution in [2.45, 2.75) is 45.6 Å². The Hall–Kier alpha value is -1.98. The summed E-state index contributed by atoms with van der Waals surface area (Å²) in [6.45, 7) is 6.14. The summed E-state index contributed by atoms with van der Waals surface area (Å²) in [6, 6.07) is 2.55. The van der Waals surface area contributed by atoms with Crippen LogP contribution in [0.15, 0.2) is 12.1 Å². The van der Waals surface area contributed by atoms with Crippen LogP contribution in [0.1, 0.15) is 49.5 Å². The average molecular weight is 337 g/mol. The van der Waals surface area contributed by atoms with Gasteiger partial charge in [0.1, 0.15) is 5.60 Å². The van der Waals surface area contributed by atoms with Crippen LogP contribution >= 0.6 is 0 Å². The maximum atomic E-state index is 14.0. The minimum absolute atomic E-state index is 0.110. The van der Waals surface area contributed by atoms with Crippen molar-refractivity contribution in [2.75, 3.05) is 13.1 Å². The maximum absolute atomic E-state index is 14.0. The van der Waals surface area contributed by atoms with E-state index in [1.54, 1.807) is 25.7 Å². The minimum Gasteiger partial charge on any atom is -0.444 e. The van der Waals surface area contributed by atoms with E-state index < -0.39 is 28.7 Å². The van der Waals surface area contributed by atoms with Crippen LogP contribution in [0.25, 0.3) is 0 Å². The van der Waals surface area contributed by atoms with E-state index in [4.69, 9.17) is 4.74 Å². The van der Waals surface area contributed by atoms with Gasteiger partial charge in [-0.1, -0.05) is 6.07 Å². The second-order valence-corrected chi connectivity index (χ2v) is 7.65. The van der Waals surface area contributed by atoms with Crippen molar-refractivity contribution in [2.24, 2.45) is 5.41 Å². The molecule has 130 valence electrons. The molecule has 0 unspecified atom stereocenters. The number of amides is 1. The molecule has 3 rings (SSSR count). The van der Waals surface area contributed by atoms with Gasteiger partial charge in [0.2, 0.25) is 0 Å². The Balaban J connectivity index is 1.74. The van der Waals surface area contributed by atoms with Gasteiger partial charge in [-0.15, -0.1) is 0 Å². The molecule has 1 heterocycles. The third-order valence-corrected chi connectivity index (χ3v) is 4.79. The molecule has 0 aromatic heterocycles. The zero-order valence-corrected chi connectivity index (χ0v) is 14.1. The number of fused-ring (bicyclic) bond motifs is 1. The molecular formula is C18H21F2NO3. The number of hydrogen-bond donors (Lipinski definition) is 0.